The van der Waals surface area contributed by atoms with Gasteiger partial charge in [-0.2, -0.15) is 10.1 Å². The molecule has 0 aromatic carbocycles. The summed E-state index contributed by atoms with van der Waals surface area (Å²) in [5.74, 6) is 0. The van der Waals surface area contributed by atoms with Gasteiger partial charge in [-0.1, -0.05) is 41.0 Å². The van der Waals surface area contributed by atoms with Gasteiger partial charge in [-0.15, -0.1) is 0 Å². The fourth-order valence-corrected chi connectivity index (χ4v) is 1.74. The fourth-order valence-electron chi connectivity index (χ4n) is 1.61. The number of halogens is 1. The van der Waals surface area contributed by atoms with Crippen LogP contribution in [0.25, 0.3) is 11.0 Å². The van der Waals surface area contributed by atoms with Gasteiger partial charge in [0.15, 0.2) is 11.9 Å². The molecule has 6 heteroatoms. The largest absolute Gasteiger partial charge is 0.360 e. The molecule has 0 radical (unpaired) electrons. The second-order valence-corrected chi connectivity index (χ2v) is 3.82. The van der Waals surface area contributed by atoms with Gasteiger partial charge < -0.3 is 4.74 Å². The summed E-state index contributed by atoms with van der Waals surface area (Å²) in [6.45, 7) is 10.1. The van der Waals surface area contributed by atoms with Crippen LogP contribution in [-0.4, -0.2) is 26.9 Å². The molecule has 2 rings (SSSR count). The second kappa shape index (κ2) is 10.6. The summed E-state index contributed by atoms with van der Waals surface area (Å²) in [5, 5.41) is 5.34. The van der Waals surface area contributed by atoms with Crippen molar-refractivity contribution in [1.82, 2.24) is 19.7 Å². The van der Waals surface area contributed by atoms with E-state index in [0.29, 0.717) is 5.65 Å². The topological polar surface area (TPSA) is 52.8 Å². The second-order valence-electron chi connectivity index (χ2n) is 3.49. The van der Waals surface area contributed by atoms with E-state index in [1.165, 1.54) is 0 Å². The van der Waals surface area contributed by atoms with Crippen molar-refractivity contribution >= 4 is 22.6 Å². The lowest BCUT2D eigenvalue weighted by atomic mass is 10.3. The third-order valence-electron chi connectivity index (χ3n) is 2.39. The number of aromatic nitrogens is 4. The number of hydrogen-bond donors (Lipinski definition) is 0. The first kappa shape index (κ1) is 18.8. The van der Waals surface area contributed by atoms with E-state index in [9.17, 15) is 0 Å². The zero-order valence-electron chi connectivity index (χ0n) is 13.2. The number of hydrogen-bond acceptors (Lipinski definition) is 4. The van der Waals surface area contributed by atoms with Crippen LogP contribution in [0.3, 0.4) is 0 Å². The average Bonchev–Trinajstić information content (AvgIpc) is 2.92. The Morgan fingerprint density at radius 3 is 2.45 bits per heavy atom. The van der Waals surface area contributed by atoms with Crippen LogP contribution < -0.4 is 0 Å². The summed E-state index contributed by atoms with van der Waals surface area (Å²) in [6, 6.07) is 0. The molecule has 0 saturated heterocycles. The lowest BCUT2D eigenvalue weighted by Gasteiger charge is -2.15. The summed E-state index contributed by atoms with van der Waals surface area (Å²) >= 11 is 5.77. The molecule has 2 heterocycles. The normalized spacial score (nSPS) is 11.2. The van der Waals surface area contributed by atoms with Crippen LogP contribution in [0.4, 0.5) is 0 Å². The Balaban J connectivity index is 0.000000829. The monoisotopic (exact) mass is 300 g/mol. The van der Waals surface area contributed by atoms with E-state index in [2.05, 4.69) is 22.0 Å². The summed E-state index contributed by atoms with van der Waals surface area (Å²) in [4.78, 5) is 8.07. The molecule has 0 fully saturated rings. The molecule has 5 nitrogen and oxygen atoms in total. The van der Waals surface area contributed by atoms with Crippen LogP contribution in [0.5, 0.6) is 0 Å². The van der Waals surface area contributed by atoms with Gasteiger partial charge in [0.25, 0.3) is 0 Å². The van der Waals surface area contributed by atoms with E-state index in [0.717, 1.165) is 18.2 Å². The van der Waals surface area contributed by atoms with Gasteiger partial charge in [-0.3, -0.25) is 0 Å². The Kier molecular flexibility index (Phi) is 9.94. The number of ether oxygens (including phenoxy) is 1. The number of nitrogens with zero attached hydrogens (tertiary/aromatic N) is 4. The molecule has 1 atom stereocenters. The Bertz CT molecular complexity index is 487. The molecule has 0 aliphatic rings. The Morgan fingerprint density at radius 1 is 1.25 bits per heavy atom. The van der Waals surface area contributed by atoms with E-state index >= 15 is 0 Å². The highest BCUT2D eigenvalue weighted by Gasteiger charge is 2.14. The van der Waals surface area contributed by atoms with Gasteiger partial charge in [0.05, 0.1) is 11.6 Å². The predicted molar refractivity (Wildman–Crippen MR) is 84.0 cm³/mol. The van der Waals surface area contributed by atoms with Crippen LogP contribution in [0.1, 0.15) is 53.7 Å². The summed E-state index contributed by atoms with van der Waals surface area (Å²) in [6.07, 6.45) is 5.17. The minimum absolute atomic E-state index is 0.103. The lowest BCUT2D eigenvalue weighted by Crippen LogP contribution is -2.13. The van der Waals surface area contributed by atoms with Crippen molar-refractivity contribution in [3.8, 4) is 0 Å². The zero-order chi connectivity index (χ0) is 15.5. The van der Waals surface area contributed by atoms with Gasteiger partial charge >= 0.3 is 0 Å². The quantitative estimate of drug-likeness (QED) is 0.781. The molecule has 114 valence electrons. The first-order chi connectivity index (χ1) is 9.76. The number of fused-ring (bicyclic) bond motifs is 1. The van der Waals surface area contributed by atoms with Gasteiger partial charge in [0.1, 0.15) is 0 Å². The SMILES string of the molecule is CC.CC.CCCC(OC)n1ncc2cnc(Cl)nc21. The molecule has 0 spiro atoms. The van der Waals surface area contributed by atoms with Crippen molar-refractivity contribution in [2.45, 2.75) is 53.7 Å². The molecule has 0 N–H and O–H groups in total. The van der Waals surface area contributed by atoms with Crippen molar-refractivity contribution in [3.63, 3.8) is 0 Å². The zero-order valence-corrected chi connectivity index (χ0v) is 14.0. The van der Waals surface area contributed by atoms with Crippen LogP contribution in [0.15, 0.2) is 12.4 Å². The average molecular weight is 301 g/mol. The van der Waals surface area contributed by atoms with Crippen molar-refractivity contribution in [1.29, 1.82) is 0 Å². The summed E-state index contributed by atoms with van der Waals surface area (Å²) < 4.78 is 7.12. The third-order valence-corrected chi connectivity index (χ3v) is 2.57. The highest BCUT2D eigenvalue weighted by molar-refractivity contribution is 6.28. The standard InChI is InChI=1S/C10H13ClN4O.2C2H6/c1-3-4-8(16-2)15-9-7(6-13-15)5-12-10(11)14-9;2*1-2/h5-6,8H,3-4H2,1-2H3;2*1-2H3. The maximum atomic E-state index is 5.77. The number of rotatable bonds is 4. The first-order valence-electron chi connectivity index (χ1n) is 7.14. The summed E-state index contributed by atoms with van der Waals surface area (Å²) in [7, 11) is 1.66. The molecule has 2 aromatic rings. The highest BCUT2D eigenvalue weighted by atomic mass is 35.5. The van der Waals surface area contributed by atoms with Gasteiger partial charge in [0.2, 0.25) is 5.28 Å². The minimum Gasteiger partial charge on any atom is -0.360 e. The maximum absolute atomic E-state index is 5.77. The molecule has 0 amide bonds. The molecule has 0 bridgehead atoms. The van der Waals surface area contributed by atoms with Crippen LogP contribution in [-0.2, 0) is 4.74 Å². The van der Waals surface area contributed by atoms with Crippen molar-refractivity contribution < 1.29 is 4.74 Å². The Hall–Kier alpha value is -1.20. The fraction of sp³-hybridized carbons (Fsp3) is 0.643. The lowest BCUT2D eigenvalue weighted by molar-refractivity contribution is 0.0295. The maximum Gasteiger partial charge on any atom is 0.224 e. The van der Waals surface area contributed by atoms with E-state index in [1.807, 2.05) is 27.7 Å². The van der Waals surface area contributed by atoms with E-state index in [-0.39, 0.29) is 11.5 Å². The first-order valence-corrected chi connectivity index (χ1v) is 7.52. The molecule has 2 aromatic heterocycles. The van der Waals surface area contributed by atoms with Crippen LogP contribution in [0.2, 0.25) is 5.28 Å². The van der Waals surface area contributed by atoms with Gasteiger partial charge in [-0.05, 0) is 18.0 Å². The minimum atomic E-state index is -0.103. The molecule has 0 aliphatic heterocycles. The van der Waals surface area contributed by atoms with Crippen molar-refractivity contribution in [2.24, 2.45) is 0 Å². The third kappa shape index (κ3) is 4.72. The van der Waals surface area contributed by atoms with E-state index in [1.54, 1.807) is 24.2 Å². The van der Waals surface area contributed by atoms with E-state index in [4.69, 9.17) is 16.3 Å². The van der Waals surface area contributed by atoms with Crippen LogP contribution in [0, 0.1) is 0 Å². The number of methoxy groups -OCH3 is 1. The predicted octanol–water partition coefficient (Wildman–Crippen LogP) is 4.48. The van der Waals surface area contributed by atoms with Gasteiger partial charge in [0, 0.05) is 13.3 Å². The molecular weight excluding hydrogens is 276 g/mol. The Labute approximate surface area is 126 Å². The van der Waals surface area contributed by atoms with Crippen LogP contribution >= 0.6 is 11.6 Å². The van der Waals surface area contributed by atoms with Crippen molar-refractivity contribution in [2.75, 3.05) is 7.11 Å². The highest BCUT2D eigenvalue weighted by Crippen LogP contribution is 2.20. The molecule has 20 heavy (non-hydrogen) atoms. The molecule has 0 saturated carbocycles. The molecule has 1 unspecified atom stereocenters. The summed E-state index contributed by atoms with van der Waals surface area (Å²) in [5.41, 5.74) is 0.709. The molecule has 0 aliphatic carbocycles. The van der Waals surface area contributed by atoms with E-state index < -0.39 is 0 Å². The smallest absolute Gasteiger partial charge is 0.224 e. The Morgan fingerprint density at radius 2 is 1.90 bits per heavy atom. The molecular formula is C14H25ClN4O. The van der Waals surface area contributed by atoms with Crippen molar-refractivity contribution in [3.05, 3.63) is 17.7 Å². The van der Waals surface area contributed by atoms with Gasteiger partial charge in [-0.25, -0.2) is 9.67 Å².